The number of likely N-dealkylation sites (tertiary alicyclic amines) is 1. The van der Waals surface area contributed by atoms with Crippen molar-refractivity contribution in [3.8, 4) is 5.75 Å². The molecule has 0 radical (unpaired) electrons. The minimum Gasteiger partial charge on any atom is -0.491 e. The number of piperidine rings is 1. The molecule has 1 aliphatic heterocycles. The van der Waals surface area contributed by atoms with Crippen LogP contribution in [0.15, 0.2) is 22.7 Å². The van der Waals surface area contributed by atoms with Gasteiger partial charge in [-0.25, -0.2) is 0 Å². The molecule has 34 heavy (non-hydrogen) atoms. The predicted molar refractivity (Wildman–Crippen MR) is 143 cm³/mol. The topological polar surface area (TPSA) is 61.9 Å². The molecule has 0 bridgehead atoms. The number of halogens is 1. The highest BCUT2D eigenvalue weighted by molar-refractivity contribution is 9.10. The van der Waals surface area contributed by atoms with Gasteiger partial charge in [0.25, 0.3) is 10.2 Å². The molecule has 2 fully saturated rings. The summed E-state index contributed by atoms with van der Waals surface area (Å²) in [5.74, 6) is 2.45. The molecule has 1 aromatic carbocycles. The highest BCUT2D eigenvalue weighted by Gasteiger charge is 2.26. The molecule has 1 N–H and O–H groups in total. The molecule has 1 heterocycles. The summed E-state index contributed by atoms with van der Waals surface area (Å²) in [5, 5.41) is 0. The van der Waals surface area contributed by atoms with Gasteiger partial charge in [0, 0.05) is 24.6 Å². The fourth-order valence-electron chi connectivity index (χ4n) is 5.27. The van der Waals surface area contributed by atoms with Crippen LogP contribution in [0.1, 0.15) is 70.8 Å². The van der Waals surface area contributed by atoms with E-state index in [9.17, 15) is 8.42 Å². The maximum Gasteiger partial charge on any atom is 0.279 e. The second-order valence-corrected chi connectivity index (χ2v) is 13.4. The molecule has 0 atom stereocenters. The Labute approximate surface area is 216 Å². The van der Waals surface area contributed by atoms with Crippen molar-refractivity contribution in [2.24, 2.45) is 11.8 Å². The molecule has 1 saturated heterocycles. The standard InChI is InChI=1S/C26H44BrN3O3S/c1-20(2)33-25-11-12-26(27)23(19-25)18-22-13-16-30(17-14-22)15-5-6-21-7-9-24(10-8-21)28-34(31,32)29(3)4/h11-12,19-22,24,28H,5-10,13-18H2,1-4H3. The second kappa shape index (κ2) is 13.0. The summed E-state index contributed by atoms with van der Waals surface area (Å²) >= 11 is 3.73. The SMILES string of the molecule is CC(C)Oc1ccc(Br)c(CC2CCN(CCCC3CCC(NS(=O)(=O)N(C)C)CC3)CC2)c1. The lowest BCUT2D eigenvalue weighted by Crippen LogP contribution is -2.43. The van der Waals surface area contributed by atoms with Crippen molar-refractivity contribution in [2.75, 3.05) is 33.7 Å². The third kappa shape index (κ3) is 8.77. The average molecular weight is 559 g/mol. The van der Waals surface area contributed by atoms with Gasteiger partial charge in [-0.15, -0.1) is 0 Å². The highest BCUT2D eigenvalue weighted by Crippen LogP contribution is 2.31. The van der Waals surface area contributed by atoms with E-state index in [1.807, 2.05) is 6.07 Å². The fourth-order valence-corrected chi connectivity index (χ4v) is 6.54. The zero-order valence-corrected chi connectivity index (χ0v) is 23.8. The van der Waals surface area contributed by atoms with Crippen LogP contribution >= 0.6 is 15.9 Å². The van der Waals surface area contributed by atoms with Gasteiger partial charge in [-0.3, -0.25) is 0 Å². The molecule has 0 amide bonds. The van der Waals surface area contributed by atoms with E-state index in [0.29, 0.717) is 0 Å². The summed E-state index contributed by atoms with van der Waals surface area (Å²) in [6, 6.07) is 6.47. The predicted octanol–water partition coefficient (Wildman–Crippen LogP) is 5.23. The van der Waals surface area contributed by atoms with Gasteiger partial charge in [-0.2, -0.15) is 17.4 Å². The molecule has 6 nitrogen and oxygen atoms in total. The molecule has 1 saturated carbocycles. The number of nitrogens with zero attached hydrogens (tertiary/aromatic N) is 2. The third-order valence-corrected chi connectivity index (χ3v) is 9.70. The van der Waals surface area contributed by atoms with Gasteiger partial charge in [-0.1, -0.05) is 15.9 Å². The number of hydrogen-bond acceptors (Lipinski definition) is 4. The quantitative estimate of drug-likeness (QED) is 0.404. The summed E-state index contributed by atoms with van der Waals surface area (Å²) in [4.78, 5) is 2.64. The van der Waals surface area contributed by atoms with E-state index < -0.39 is 10.2 Å². The number of nitrogens with one attached hydrogen (secondary N) is 1. The molecule has 0 aromatic heterocycles. The van der Waals surface area contributed by atoms with Gasteiger partial charge in [0.05, 0.1) is 6.10 Å². The van der Waals surface area contributed by atoms with Gasteiger partial charge in [0.1, 0.15) is 5.75 Å². The third-order valence-electron chi connectivity index (χ3n) is 7.33. The zero-order valence-electron chi connectivity index (χ0n) is 21.4. The van der Waals surface area contributed by atoms with Gasteiger partial charge in [-0.05, 0) is 127 Å². The summed E-state index contributed by atoms with van der Waals surface area (Å²) < 4.78 is 35.2. The van der Waals surface area contributed by atoms with Crippen molar-refractivity contribution in [1.82, 2.24) is 13.9 Å². The first-order valence-corrected chi connectivity index (χ1v) is 15.2. The Hall–Kier alpha value is -0.670. The van der Waals surface area contributed by atoms with Crippen LogP contribution in [0.2, 0.25) is 0 Å². The Morgan fingerprint density at radius 3 is 2.38 bits per heavy atom. The first-order chi connectivity index (χ1) is 16.1. The number of hydrogen-bond donors (Lipinski definition) is 1. The summed E-state index contributed by atoms with van der Waals surface area (Å²) in [7, 11) is -0.154. The minimum absolute atomic E-state index is 0.0975. The molecule has 2 aliphatic rings. The van der Waals surface area contributed by atoms with Crippen LogP contribution in [0.25, 0.3) is 0 Å². The molecular weight excluding hydrogens is 514 g/mol. The highest BCUT2D eigenvalue weighted by atomic mass is 79.9. The van der Waals surface area contributed by atoms with E-state index in [1.54, 1.807) is 14.1 Å². The Balaban J connectivity index is 1.32. The van der Waals surface area contributed by atoms with Crippen LogP contribution in [-0.2, 0) is 16.6 Å². The van der Waals surface area contributed by atoms with E-state index in [0.717, 1.165) is 49.7 Å². The Kier molecular flexibility index (Phi) is 10.7. The van der Waals surface area contributed by atoms with Crippen LogP contribution in [0.4, 0.5) is 0 Å². The Morgan fingerprint density at radius 2 is 1.76 bits per heavy atom. The average Bonchev–Trinajstić information content (AvgIpc) is 2.78. The maximum atomic E-state index is 12.0. The van der Waals surface area contributed by atoms with Gasteiger partial charge < -0.3 is 9.64 Å². The number of rotatable bonds is 11. The normalized spacial score (nSPS) is 23.0. The lowest BCUT2D eigenvalue weighted by atomic mass is 9.83. The monoisotopic (exact) mass is 557 g/mol. The van der Waals surface area contributed by atoms with E-state index in [1.165, 1.54) is 59.7 Å². The Bertz CT molecular complexity index is 862. The van der Waals surface area contributed by atoms with Gasteiger partial charge in [0.15, 0.2) is 0 Å². The van der Waals surface area contributed by atoms with Crippen molar-refractivity contribution >= 4 is 26.1 Å². The van der Waals surface area contributed by atoms with Crippen molar-refractivity contribution in [3.63, 3.8) is 0 Å². The lowest BCUT2D eigenvalue weighted by molar-refractivity contribution is 0.174. The van der Waals surface area contributed by atoms with Crippen molar-refractivity contribution in [1.29, 1.82) is 0 Å². The van der Waals surface area contributed by atoms with E-state index in [-0.39, 0.29) is 12.1 Å². The molecule has 1 aliphatic carbocycles. The lowest BCUT2D eigenvalue weighted by Gasteiger charge is -2.33. The Morgan fingerprint density at radius 1 is 1.09 bits per heavy atom. The summed E-state index contributed by atoms with van der Waals surface area (Å²) in [6.07, 6.45) is 10.6. The largest absolute Gasteiger partial charge is 0.491 e. The van der Waals surface area contributed by atoms with Crippen molar-refractivity contribution in [3.05, 3.63) is 28.2 Å². The smallest absolute Gasteiger partial charge is 0.279 e. The summed E-state index contributed by atoms with van der Waals surface area (Å²) in [6.45, 7) is 7.73. The van der Waals surface area contributed by atoms with Crippen LogP contribution in [0, 0.1) is 11.8 Å². The van der Waals surface area contributed by atoms with E-state index in [2.05, 4.69) is 51.5 Å². The fraction of sp³-hybridized carbons (Fsp3) is 0.769. The molecule has 8 heteroatoms. The van der Waals surface area contributed by atoms with E-state index in [4.69, 9.17) is 4.74 Å². The van der Waals surface area contributed by atoms with Gasteiger partial charge >= 0.3 is 0 Å². The molecule has 0 unspecified atom stereocenters. The maximum absolute atomic E-state index is 12.0. The zero-order chi connectivity index (χ0) is 24.7. The first kappa shape index (κ1) is 27.9. The molecule has 3 rings (SSSR count). The van der Waals surface area contributed by atoms with Crippen molar-refractivity contribution < 1.29 is 13.2 Å². The number of benzene rings is 1. The van der Waals surface area contributed by atoms with Crippen LogP contribution in [0.3, 0.4) is 0 Å². The molecule has 194 valence electrons. The van der Waals surface area contributed by atoms with Crippen LogP contribution < -0.4 is 9.46 Å². The van der Waals surface area contributed by atoms with Crippen LogP contribution in [-0.4, -0.2) is 63.5 Å². The first-order valence-electron chi connectivity index (χ1n) is 13.0. The van der Waals surface area contributed by atoms with E-state index >= 15 is 0 Å². The minimum atomic E-state index is -3.31. The van der Waals surface area contributed by atoms with Crippen LogP contribution in [0.5, 0.6) is 5.75 Å². The van der Waals surface area contributed by atoms with Crippen molar-refractivity contribution in [2.45, 2.75) is 83.8 Å². The second-order valence-electron chi connectivity index (χ2n) is 10.7. The summed E-state index contributed by atoms with van der Waals surface area (Å²) in [5.41, 5.74) is 1.36. The number of ether oxygens (including phenoxy) is 1. The van der Waals surface area contributed by atoms with Gasteiger partial charge in [0.2, 0.25) is 0 Å². The molecular formula is C26H44BrN3O3S. The molecule has 1 aromatic rings. The molecule has 0 spiro atoms.